The fraction of sp³-hybridized carbons (Fsp3) is 0.636. The molecule has 0 unspecified atom stereocenters. The van der Waals surface area contributed by atoms with Crippen molar-refractivity contribution in [2.45, 2.75) is 70.8 Å². The number of aryl methyl sites for hydroxylation is 1. The first-order valence-corrected chi connectivity index (χ1v) is 10.8. The summed E-state index contributed by atoms with van der Waals surface area (Å²) in [5.41, 5.74) is 3.54. The van der Waals surface area contributed by atoms with Gasteiger partial charge in [-0.15, -0.1) is 0 Å². The van der Waals surface area contributed by atoms with Crippen LogP contribution in [0.5, 0.6) is 0 Å². The molecule has 2 aliphatic rings. The molecule has 3 N–H and O–H groups in total. The van der Waals surface area contributed by atoms with Crippen LogP contribution in [0.15, 0.2) is 18.2 Å². The van der Waals surface area contributed by atoms with E-state index in [2.05, 4.69) is 45.3 Å². The monoisotopic (exact) mass is 369 g/mol. The van der Waals surface area contributed by atoms with E-state index in [1.807, 2.05) is 0 Å². The van der Waals surface area contributed by atoms with Gasteiger partial charge in [-0.1, -0.05) is 38.2 Å². The van der Waals surface area contributed by atoms with E-state index in [0.29, 0.717) is 6.04 Å². The van der Waals surface area contributed by atoms with Crippen molar-refractivity contribution in [3.8, 4) is 0 Å². The molecule has 4 rings (SSSR count). The fourth-order valence-electron chi connectivity index (χ4n) is 4.60. The predicted octanol–water partition coefficient (Wildman–Crippen LogP) is 3.74. The third kappa shape index (κ3) is 4.45. The van der Waals surface area contributed by atoms with E-state index in [1.165, 1.54) is 37.7 Å². The van der Waals surface area contributed by atoms with E-state index < -0.39 is 0 Å². The van der Waals surface area contributed by atoms with Crippen molar-refractivity contribution >= 4 is 22.9 Å². The van der Waals surface area contributed by atoms with E-state index in [4.69, 9.17) is 0 Å². The van der Waals surface area contributed by atoms with Gasteiger partial charge in [-0.25, -0.2) is 9.97 Å². The summed E-state index contributed by atoms with van der Waals surface area (Å²) in [4.78, 5) is 22.1. The van der Waals surface area contributed by atoms with Gasteiger partial charge in [-0.2, -0.15) is 0 Å². The molecular weight excluding hydrogens is 336 g/mol. The molecule has 146 valence electrons. The molecule has 1 aliphatic carbocycles. The maximum absolute atomic E-state index is 12.7. The van der Waals surface area contributed by atoms with Crippen LogP contribution in [0, 0.1) is 12.8 Å². The number of piperidine rings is 1. The molecule has 27 heavy (non-hydrogen) atoms. The van der Waals surface area contributed by atoms with Crippen LogP contribution in [-0.4, -0.2) is 30.0 Å². The minimum atomic E-state index is 0.165. The SMILES string of the molecule is Cc1ccc2[nH+]c(N3CCC(C(=O)NC4CCCCCCC4)CC3)[nH]c2c1. The quantitative estimate of drug-likeness (QED) is 0.866. The Bertz CT molecular complexity index is 768. The zero-order valence-corrected chi connectivity index (χ0v) is 16.5. The number of H-pyrrole nitrogens is 2. The molecule has 0 bridgehead atoms. The van der Waals surface area contributed by atoms with Crippen LogP contribution in [0.4, 0.5) is 5.95 Å². The number of carbonyl (C=O) groups is 1. The molecule has 2 fully saturated rings. The molecule has 1 saturated carbocycles. The van der Waals surface area contributed by atoms with E-state index in [0.717, 1.165) is 55.8 Å². The summed E-state index contributed by atoms with van der Waals surface area (Å²) in [6, 6.07) is 6.83. The van der Waals surface area contributed by atoms with Gasteiger partial charge in [0.2, 0.25) is 5.91 Å². The van der Waals surface area contributed by atoms with Crippen molar-refractivity contribution in [1.82, 2.24) is 10.3 Å². The lowest BCUT2D eigenvalue weighted by molar-refractivity contribution is -0.330. The predicted molar refractivity (Wildman–Crippen MR) is 109 cm³/mol. The first-order valence-electron chi connectivity index (χ1n) is 10.8. The smallest absolute Gasteiger partial charge is 0.353 e. The highest BCUT2D eigenvalue weighted by Gasteiger charge is 2.30. The van der Waals surface area contributed by atoms with Crippen LogP contribution < -0.4 is 15.2 Å². The van der Waals surface area contributed by atoms with Gasteiger partial charge in [0.05, 0.1) is 13.1 Å². The standard InChI is InChI=1S/C22H32N4O/c1-16-9-10-19-20(15-16)25-22(24-19)26-13-11-17(12-14-26)21(27)23-18-7-5-3-2-4-6-8-18/h9-10,15,17-18H,2-8,11-14H2,1H3,(H,23,27)(H,24,25)/p+1. The lowest BCUT2D eigenvalue weighted by atomic mass is 9.93. The number of rotatable bonds is 3. The number of carbonyl (C=O) groups excluding carboxylic acids is 1. The van der Waals surface area contributed by atoms with Crippen molar-refractivity contribution in [2.24, 2.45) is 5.92 Å². The molecule has 5 heteroatoms. The number of hydrogen-bond donors (Lipinski definition) is 2. The number of anilines is 1. The summed E-state index contributed by atoms with van der Waals surface area (Å²) in [5, 5.41) is 3.37. The fourth-order valence-corrected chi connectivity index (χ4v) is 4.60. The van der Waals surface area contributed by atoms with Gasteiger partial charge >= 0.3 is 5.95 Å². The molecule has 0 atom stereocenters. The number of imidazole rings is 1. The van der Waals surface area contributed by atoms with Crippen LogP contribution in [0.1, 0.15) is 63.4 Å². The summed E-state index contributed by atoms with van der Waals surface area (Å²) >= 11 is 0. The van der Waals surface area contributed by atoms with Gasteiger partial charge in [0.15, 0.2) is 0 Å². The number of hydrogen-bond acceptors (Lipinski definition) is 2. The normalized spacial score (nSPS) is 20.4. The van der Waals surface area contributed by atoms with E-state index in [9.17, 15) is 4.79 Å². The van der Waals surface area contributed by atoms with Gasteiger partial charge in [-0.3, -0.25) is 9.69 Å². The number of aromatic amines is 2. The Balaban J connectivity index is 1.31. The van der Waals surface area contributed by atoms with E-state index in [-0.39, 0.29) is 11.8 Å². The van der Waals surface area contributed by atoms with Crippen molar-refractivity contribution in [3.63, 3.8) is 0 Å². The van der Waals surface area contributed by atoms with Crippen molar-refractivity contribution in [1.29, 1.82) is 0 Å². The van der Waals surface area contributed by atoms with Crippen LogP contribution >= 0.6 is 0 Å². The molecule has 2 aromatic rings. The van der Waals surface area contributed by atoms with Crippen molar-refractivity contribution in [2.75, 3.05) is 18.0 Å². The van der Waals surface area contributed by atoms with Crippen LogP contribution in [-0.2, 0) is 4.79 Å². The van der Waals surface area contributed by atoms with Gasteiger partial charge in [0, 0.05) is 12.0 Å². The maximum Gasteiger partial charge on any atom is 0.355 e. The molecule has 1 amide bonds. The number of aromatic nitrogens is 2. The molecule has 0 spiro atoms. The average molecular weight is 370 g/mol. The highest BCUT2D eigenvalue weighted by atomic mass is 16.1. The second-order valence-electron chi connectivity index (χ2n) is 8.46. The Morgan fingerprint density at radius 1 is 1.07 bits per heavy atom. The van der Waals surface area contributed by atoms with Gasteiger partial charge < -0.3 is 5.32 Å². The van der Waals surface area contributed by atoms with Gasteiger partial charge in [-0.05, 0) is 50.3 Å². The van der Waals surface area contributed by atoms with Crippen LogP contribution in [0.2, 0.25) is 0 Å². The summed E-state index contributed by atoms with van der Waals surface area (Å²) < 4.78 is 0. The number of fused-ring (bicyclic) bond motifs is 1. The van der Waals surface area contributed by atoms with Gasteiger partial charge in [0.1, 0.15) is 11.0 Å². The largest absolute Gasteiger partial charge is 0.355 e. The second kappa shape index (κ2) is 8.32. The first-order chi connectivity index (χ1) is 13.2. The Morgan fingerprint density at radius 3 is 2.52 bits per heavy atom. The highest BCUT2D eigenvalue weighted by molar-refractivity contribution is 5.79. The number of benzene rings is 1. The molecule has 0 radical (unpaired) electrons. The van der Waals surface area contributed by atoms with Gasteiger partial charge in [0.25, 0.3) is 0 Å². The molecule has 5 nitrogen and oxygen atoms in total. The summed E-state index contributed by atoms with van der Waals surface area (Å²) in [6.45, 7) is 3.95. The van der Waals surface area contributed by atoms with Crippen LogP contribution in [0.3, 0.4) is 0 Å². The third-order valence-corrected chi connectivity index (χ3v) is 6.31. The molecule has 1 aromatic heterocycles. The van der Waals surface area contributed by atoms with Crippen LogP contribution in [0.25, 0.3) is 11.0 Å². The average Bonchev–Trinajstić information content (AvgIpc) is 3.07. The maximum atomic E-state index is 12.7. The summed E-state index contributed by atoms with van der Waals surface area (Å²) in [6.07, 6.45) is 10.7. The zero-order valence-electron chi connectivity index (χ0n) is 16.5. The van der Waals surface area contributed by atoms with Crippen molar-refractivity contribution in [3.05, 3.63) is 23.8 Å². The summed E-state index contributed by atoms with van der Waals surface area (Å²) in [5.74, 6) is 1.52. The Morgan fingerprint density at radius 2 is 1.78 bits per heavy atom. The van der Waals surface area contributed by atoms with E-state index >= 15 is 0 Å². The number of nitrogens with one attached hydrogen (secondary N) is 3. The molecule has 2 heterocycles. The first kappa shape index (κ1) is 18.3. The molecule has 1 aromatic carbocycles. The minimum Gasteiger partial charge on any atom is -0.353 e. The Labute approximate surface area is 161 Å². The Hall–Kier alpha value is -2.04. The number of amides is 1. The topological polar surface area (TPSA) is 62.3 Å². The highest BCUT2D eigenvalue weighted by Crippen LogP contribution is 2.23. The Kier molecular flexibility index (Phi) is 5.65. The van der Waals surface area contributed by atoms with Crippen molar-refractivity contribution < 1.29 is 9.78 Å². The summed E-state index contributed by atoms with van der Waals surface area (Å²) in [7, 11) is 0. The lowest BCUT2D eigenvalue weighted by Crippen LogP contribution is -2.45. The third-order valence-electron chi connectivity index (χ3n) is 6.31. The lowest BCUT2D eigenvalue weighted by Gasteiger charge is -2.29. The second-order valence-corrected chi connectivity index (χ2v) is 8.46. The molecular formula is C22H33N4O+. The number of nitrogens with zero attached hydrogens (tertiary/aromatic N) is 1. The zero-order chi connectivity index (χ0) is 18.6. The van der Waals surface area contributed by atoms with E-state index in [1.54, 1.807) is 0 Å². The molecule has 1 saturated heterocycles. The minimum absolute atomic E-state index is 0.165. The molecule has 1 aliphatic heterocycles.